The first kappa shape index (κ1) is 12.2. The van der Waals surface area contributed by atoms with Crippen LogP contribution in [0.5, 0.6) is 0 Å². The molecule has 3 heterocycles. The predicted octanol–water partition coefficient (Wildman–Crippen LogP) is 1.65. The Morgan fingerprint density at radius 3 is 2.58 bits per heavy atom. The van der Waals surface area contributed by atoms with Gasteiger partial charge in [0.1, 0.15) is 6.23 Å². The lowest BCUT2D eigenvalue weighted by molar-refractivity contribution is -0.141. The van der Waals surface area contributed by atoms with E-state index >= 15 is 0 Å². The summed E-state index contributed by atoms with van der Waals surface area (Å²) in [6.45, 7) is 1.83. The number of nitrogens with zero attached hydrogens (tertiary/aromatic N) is 1. The Labute approximate surface area is 114 Å². The lowest BCUT2D eigenvalue weighted by atomic mass is 9.89. The summed E-state index contributed by atoms with van der Waals surface area (Å²) >= 11 is 0. The van der Waals surface area contributed by atoms with Crippen molar-refractivity contribution in [3.63, 3.8) is 0 Å². The van der Waals surface area contributed by atoms with E-state index in [1.807, 2.05) is 0 Å². The molecule has 3 aliphatic heterocycles. The van der Waals surface area contributed by atoms with Crippen molar-refractivity contribution in [1.29, 1.82) is 0 Å². The van der Waals surface area contributed by atoms with Gasteiger partial charge in [-0.25, -0.2) is 0 Å². The smallest absolute Gasteiger partial charge is 0.257 e. The molecule has 0 unspecified atom stereocenters. The van der Waals surface area contributed by atoms with Gasteiger partial charge >= 0.3 is 0 Å². The Kier molecular flexibility index (Phi) is 2.85. The van der Waals surface area contributed by atoms with Gasteiger partial charge in [0, 0.05) is 6.04 Å². The fraction of sp³-hybridized carbons (Fsp3) is 0.933. The second-order valence-electron chi connectivity index (χ2n) is 6.72. The van der Waals surface area contributed by atoms with Gasteiger partial charge in [-0.3, -0.25) is 4.79 Å². The third kappa shape index (κ3) is 1.76. The van der Waals surface area contributed by atoms with Gasteiger partial charge in [-0.15, -0.1) is 0 Å². The number of hydrogen-bond acceptors (Lipinski definition) is 3. The van der Waals surface area contributed by atoms with Gasteiger partial charge in [0.25, 0.3) is 5.91 Å². The molecule has 1 N–H and O–H groups in total. The molecule has 4 fully saturated rings. The van der Waals surface area contributed by atoms with E-state index in [0.29, 0.717) is 11.9 Å². The van der Waals surface area contributed by atoms with Crippen LogP contribution in [0.15, 0.2) is 0 Å². The molecule has 1 amide bonds. The Hall–Kier alpha value is -0.610. The molecule has 4 aliphatic rings. The number of piperidine rings is 1. The maximum atomic E-state index is 12.9. The van der Waals surface area contributed by atoms with E-state index < -0.39 is 5.60 Å². The summed E-state index contributed by atoms with van der Waals surface area (Å²) in [6, 6.07) is 0.481. The largest absolute Gasteiger partial charge is 0.342 e. The zero-order valence-electron chi connectivity index (χ0n) is 11.6. The number of carbonyl (C=O) groups is 1. The fourth-order valence-electron chi connectivity index (χ4n) is 4.72. The second-order valence-corrected chi connectivity index (χ2v) is 6.72. The average Bonchev–Trinajstić information content (AvgIpc) is 3.11. The van der Waals surface area contributed by atoms with E-state index in [9.17, 15) is 4.79 Å². The van der Waals surface area contributed by atoms with Gasteiger partial charge in [0.2, 0.25) is 0 Å². The predicted molar refractivity (Wildman–Crippen MR) is 71.5 cm³/mol. The molecular weight excluding hydrogens is 240 g/mol. The van der Waals surface area contributed by atoms with Crippen LogP contribution in [0.4, 0.5) is 0 Å². The first-order valence-corrected chi connectivity index (χ1v) is 8.01. The molecular formula is C15H24N2O2. The zero-order valence-corrected chi connectivity index (χ0v) is 11.6. The Balaban J connectivity index is 1.56. The lowest BCUT2D eigenvalue weighted by Gasteiger charge is -2.33. The van der Waals surface area contributed by atoms with Crippen molar-refractivity contribution >= 4 is 5.91 Å². The molecule has 4 rings (SSSR count). The van der Waals surface area contributed by atoms with Gasteiger partial charge < -0.3 is 15.0 Å². The maximum Gasteiger partial charge on any atom is 0.257 e. The molecule has 2 atom stereocenters. The van der Waals surface area contributed by atoms with Gasteiger partial charge in [-0.2, -0.15) is 0 Å². The summed E-state index contributed by atoms with van der Waals surface area (Å²) in [4.78, 5) is 15.1. The summed E-state index contributed by atoms with van der Waals surface area (Å²) in [5.74, 6) is 1.06. The molecule has 0 aromatic rings. The fourth-order valence-corrected chi connectivity index (χ4v) is 4.72. The number of fused-ring (bicyclic) bond motifs is 1. The Morgan fingerprint density at radius 2 is 1.84 bits per heavy atom. The van der Waals surface area contributed by atoms with Crippen molar-refractivity contribution < 1.29 is 9.53 Å². The highest BCUT2D eigenvalue weighted by molar-refractivity contribution is 5.88. The molecule has 0 bridgehead atoms. The third-order valence-corrected chi connectivity index (χ3v) is 5.72. The van der Waals surface area contributed by atoms with E-state index in [0.717, 1.165) is 44.7 Å². The summed E-state index contributed by atoms with van der Waals surface area (Å²) in [5, 5.41) is 3.34. The van der Waals surface area contributed by atoms with E-state index in [1.165, 1.54) is 25.7 Å². The third-order valence-electron chi connectivity index (χ3n) is 5.72. The van der Waals surface area contributed by atoms with Crippen molar-refractivity contribution in [2.75, 3.05) is 13.1 Å². The highest BCUT2D eigenvalue weighted by atomic mass is 16.6. The number of rotatable bonds is 1. The van der Waals surface area contributed by atoms with E-state index in [1.54, 1.807) is 0 Å². The van der Waals surface area contributed by atoms with Crippen LogP contribution in [0.1, 0.15) is 51.4 Å². The van der Waals surface area contributed by atoms with Gasteiger partial charge in [0.15, 0.2) is 5.60 Å². The van der Waals surface area contributed by atoms with Crippen molar-refractivity contribution in [3.05, 3.63) is 0 Å². The SMILES string of the molecule is O=C1N2[C@@H](CC[C@H]2C2CCCC2)OC12CCNCC2. The zero-order chi connectivity index (χ0) is 12.9. The normalized spacial score (nSPS) is 38.3. The molecule has 19 heavy (non-hydrogen) atoms. The average molecular weight is 264 g/mol. The molecule has 0 radical (unpaired) electrons. The minimum Gasteiger partial charge on any atom is -0.342 e. The first-order valence-electron chi connectivity index (χ1n) is 8.01. The molecule has 0 aromatic carbocycles. The molecule has 1 aliphatic carbocycles. The summed E-state index contributed by atoms with van der Waals surface area (Å²) < 4.78 is 6.25. The molecule has 106 valence electrons. The molecule has 0 aromatic heterocycles. The van der Waals surface area contributed by atoms with Gasteiger partial charge in [0.05, 0.1) is 0 Å². The van der Waals surface area contributed by atoms with E-state index in [2.05, 4.69) is 10.2 Å². The van der Waals surface area contributed by atoms with Crippen LogP contribution in [0.2, 0.25) is 0 Å². The van der Waals surface area contributed by atoms with Crippen LogP contribution in [0, 0.1) is 5.92 Å². The van der Waals surface area contributed by atoms with Gasteiger partial charge in [-0.05, 0) is 57.5 Å². The summed E-state index contributed by atoms with van der Waals surface area (Å²) in [7, 11) is 0. The quantitative estimate of drug-likeness (QED) is 0.783. The highest BCUT2D eigenvalue weighted by Gasteiger charge is 2.58. The molecule has 1 spiro atoms. The minimum absolute atomic E-state index is 0.0937. The standard InChI is InChI=1S/C15H24N2O2/c18-14-15(7-9-16-10-8-15)19-13-6-5-12(17(13)14)11-3-1-2-4-11/h11-13,16H,1-10H2/t12-,13+/m0/s1. The highest BCUT2D eigenvalue weighted by Crippen LogP contribution is 2.46. The van der Waals surface area contributed by atoms with Crippen LogP contribution >= 0.6 is 0 Å². The van der Waals surface area contributed by atoms with Crippen molar-refractivity contribution in [2.24, 2.45) is 5.92 Å². The van der Waals surface area contributed by atoms with Crippen LogP contribution in [0.25, 0.3) is 0 Å². The van der Waals surface area contributed by atoms with Gasteiger partial charge in [-0.1, -0.05) is 12.8 Å². The number of carbonyl (C=O) groups excluding carboxylic acids is 1. The number of ether oxygens (including phenoxy) is 1. The van der Waals surface area contributed by atoms with Crippen LogP contribution in [-0.2, 0) is 9.53 Å². The van der Waals surface area contributed by atoms with Crippen molar-refractivity contribution in [1.82, 2.24) is 10.2 Å². The number of hydrogen-bond donors (Lipinski definition) is 1. The minimum atomic E-state index is -0.465. The number of nitrogens with one attached hydrogen (secondary N) is 1. The van der Waals surface area contributed by atoms with Crippen LogP contribution in [0.3, 0.4) is 0 Å². The summed E-state index contributed by atoms with van der Waals surface area (Å²) in [6.07, 6.45) is 9.36. The van der Waals surface area contributed by atoms with Crippen LogP contribution in [-0.4, -0.2) is 41.8 Å². The molecule has 3 saturated heterocycles. The Bertz CT molecular complexity index is 372. The Morgan fingerprint density at radius 1 is 1.11 bits per heavy atom. The molecule has 4 heteroatoms. The molecule has 1 saturated carbocycles. The monoisotopic (exact) mass is 264 g/mol. The number of amides is 1. The first-order chi connectivity index (χ1) is 9.30. The second kappa shape index (κ2) is 4.45. The summed E-state index contributed by atoms with van der Waals surface area (Å²) in [5.41, 5.74) is -0.465. The van der Waals surface area contributed by atoms with Crippen molar-refractivity contribution in [2.45, 2.75) is 69.2 Å². The van der Waals surface area contributed by atoms with Crippen LogP contribution < -0.4 is 5.32 Å². The van der Waals surface area contributed by atoms with Crippen molar-refractivity contribution in [3.8, 4) is 0 Å². The lowest BCUT2D eigenvalue weighted by Crippen LogP contribution is -2.50. The molecule has 4 nitrogen and oxygen atoms in total. The van der Waals surface area contributed by atoms with E-state index in [-0.39, 0.29) is 6.23 Å². The maximum absolute atomic E-state index is 12.9. The van der Waals surface area contributed by atoms with E-state index in [4.69, 9.17) is 4.74 Å². The topological polar surface area (TPSA) is 41.6 Å².